The molecule has 0 spiro atoms. The fourth-order valence-electron chi connectivity index (χ4n) is 2.68. The van der Waals surface area contributed by atoms with Crippen LogP contribution in [0.4, 0.5) is 11.5 Å². The van der Waals surface area contributed by atoms with Crippen LogP contribution in [-0.4, -0.2) is 16.5 Å². The Bertz CT molecular complexity index is 1030. The van der Waals surface area contributed by atoms with Gasteiger partial charge in [-0.2, -0.15) is 0 Å². The Morgan fingerprint density at radius 3 is 2.56 bits per heavy atom. The summed E-state index contributed by atoms with van der Waals surface area (Å²) in [6, 6.07) is 15.2. The molecule has 0 aliphatic rings. The maximum atomic E-state index is 6.18. The number of pyridine rings is 1. The molecule has 0 radical (unpaired) electrons. The van der Waals surface area contributed by atoms with Crippen molar-refractivity contribution in [1.82, 2.24) is 9.38 Å². The molecule has 0 bridgehead atoms. The Morgan fingerprint density at radius 1 is 1.08 bits per heavy atom. The van der Waals surface area contributed by atoms with E-state index >= 15 is 0 Å². The van der Waals surface area contributed by atoms with E-state index in [1.54, 1.807) is 7.11 Å². The third-order valence-corrected chi connectivity index (χ3v) is 4.13. The second kappa shape index (κ2) is 6.18. The highest BCUT2D eigenvalue weighted by molar-refractivity contribution is 6.30. The van der Waals surface area contributed by atoms with Gasteiger partial charge in [-0.1, -0.05) is 11.6 Å². The SMILES string of the molecule is COc1ccc(Nc2c(-c3ccc(C)o3)nc3ccc(Cl)cn23)cc1. The number of ether oxygens (including phenoxy) is 1. The molecule has 0 fully saturated rings. The highest BCUT2D eigenvalue weighted by Crippen LogP contribution is 2.33. The quantitative estimate of drug-likeness (QED) is 0.540. The maximum absolute atomic E-state index is 6.18. The molecule has 25 heavy (non-hydrogen) atoms. The zero-order valence-corrected chi connectivity index (χ0v) is 14.5. The molecule has 1 aromatic carbocycles. The lowest BCUT2D eigenvalue weighted by Crippen LogP contribution is -1.97. The highest BCUT2D eigenvalue weighted by atomic mass is 35.5. The van der Waals surface area contributed by atoms with Crippen LogP contribution in [0.3, 0.4) is 0 Å². The molecule has 0 unspecified atom stereocenters. The fraction of sp³-hybridized carbons (Fsp3) is 0.105. The molecule has 0 atom stereocenters. The standard InChI is InChI=1S/C19H16ClN3O2/c1-12-3-9-16(25-12)18-19(21-14-5-7-15(24-2)8-6-14)23-11-13(20)4-10-17(23)22-18/h3-11,21H,1-2H3. The second-order valence-electron chi connectivity index (χ2n) is 5.65. The summed E-state index contributed by atoms with van der Waals surface area (Å²) in [5, 5.41) is 4.04. The van der Waals surface area contributed by atoms with Crippen LogP contribution in [0, 0.1) is 6.92 Å². The van der Waals surface area contributed by atoms with Crippen LogP contribution < -0.4 is 10.1 Å². The summed E-state index contributed by atoms with van der Waals surface area (Å²) < 4.78 is 12.9. The van der Waals surface area contributed by atoms with Gasteiger partial charge in [0.25, 0.3) is 0 Å². The highest BCUT2D eigenvalue weighted by Gasteiger charge is 2.17. The normalized spacial score (nSPS) is 11.0. The Balaban J connectivity index is 1.85. The van der Waals surface area contributed by atoms with Gasteiger partial charge in [0.05, 0.1) is 12.1 Å². The van der Waals surface area contributed by atoms with Gasteiger partial charge in [0.2, 0.25) is 0 Å². The van der Waals surface area contributed by atoms with Crippen LogP contribution in [-0.2, 0) is 0 Å². The second-order valence-corrected chi connectivity index (χ2v) is 6.08. The Morgan fingerprint density at radius 2 is 1.88 bits per heavy atom. The van der Waals surface area contributed by atoms with Crippen molar-refractivity contribution in [2.75, 3.05) is 12.4 Å². The molecule has 0 aliphatic carbocycles. The molecule has 6 heteroatoms. The number of methoxy groups -OCH3 is 1. The topological polar surface area (TPSA) is 51.7 Å². The van der Waals surface area contributed by atoms with Crippen molar-refractivity contribution in [1.29, 1.82) is 0 Å². The smallest absolute Gasteiger partial charge is 0.156 e. The average Bonchev–Trinajstić information content (AvgIpc) is 3.19. The maximum Gasteiger partial charge on any atom is 0.156 e. The molecule has 0 amide bonds. The third-order valence-electron chi connectivity index (χ3n) is 3.91. The van der Waals surface area contributed by atoms with E-state index in [-0.39, 0.29) is 0 Å². The number of hydrogen-bond acceptors (Lipinski definition) is 4. The monoisotopic (exact) mass is 353 g/mol. The molecule has 0 saturated heterocycles. The zero-order valence-electron chi connectivity index (χ0n) is 13.8. The summed E-state index contributed by atoms with van der Waals surface area (Å²) in [5.74, 6) is 3.12. The Labute approximate surface area is 149 Å². The number of halogens is 1. The van der Waals surface area contributed by atoms with E-state index < -0.39 is 0 Å². The van der Waals surface area contributed by atoms with Gasteiger partial charge >= 0.3 is 0 Å². The molecule has 5 nitrogen and oxygen atoms in total. The number of aromatic nitrogens is 2. The number of anilines is 2. The first-order valence-corrected chi connectivity index (χ1v) is 8.17. The zero-order chi connectivity index (χ0) is 17.4. The van der Waals surface area contributed by atoms with E-state index in [2.05, 4.69) is 5.32 Å². The lowest BCUT2D eigenvalue weighted by atomic mass is 10.3. The minimum absolute atomic E-state index is 0.629. The van der Waals surface area contributed by atoms with E-state index in [9.17, 15) is 0 Å². The lowest BCUT2D eigenvalue weighted by molar-refractivity contribution is 0.415. The molecular formula is C19H16ClN3O2. The Kier molecular flexibility index (Phi) is 3.86. The number of imidazole rings is 1. The molecule has 1 N–H and O–H groups in total. The van der Waals surface area contributed by atoms with E-state index in [0.29, 0.717) is 10.8 Å². The van der Waals surface area contributed by atoms with E-state index in [1.165, 1.54) is 0 Å². The molecule has 4 rings (SSSR count). The van der Waals surface area contributed by atoms with Crippen LogP contribution in [0.1, 0.15) is 5.76 Å². The van der Waals surface area contributed by atoms with Crippen LogP contribution in [0.15, 0.2) is 59.1 Å². The van der Waals surface area contributed by atoms with Crippen molar-refractivity contribution in [3.63, 3.8) is 0 Å². The number of rotatable bonds is 4. The van der Waals surface area contributed by atoms with E-state index in [4.69, 9.17) is 25.7 Å². The van der Waals surface area contributed by atoms with Gasteiger partial charge in [-0.05, 0) is 55.5 Å². The molecule has 126 valence electrons. The van der Waals surface area contributed by atoms with Gasteiger partial charge in [-0.3, -0.25) is 4.40 Å². The predicted molar refractivity (Wildman–Crippen MR) is 98.9 cm³/mol. The van der Waals surface area contributed by atoms with Crippen molar-refractivity contribution in [2.45, 2.75) is 6.92 Å². The summed E-state index contributed by atoms with van der Waals surface area (Å²) in [4.78, 5) is 4.69. The van der Waals surface area contributed by atoms with Gasteiger partial charge in [-0.25, -0.2) is 4.98 Å². The summed E-state index contributed by atoms with van der Waals surface area (Å²) >= 11 is 6.18. The summed E-state index contributed by atoms with van der Waals surface area (Å²) in [6.07, 6.45) is 1.83. The summed E-state index contributed by atoms with van der Waals surface area (Å²) in [7, 11) is 1.65. The van der Waals surface area contributed by atoms with Gasteiger partial charge in [-0.15, -0.1) is 0 Å². The van der Waals surface area contributed by atoms with Gasteiger partial charge in [0.15, 0.2) is 5.76 Å². The summed E-state index contributed by atoms with van der Waals surface area (Å²) in [6.45, 7) is 1.91. The molecule has 4 aromatic rings. The number of fused-ring (bicyclic) bond motifs is 1. The predicted octanol–water partition coefficient (Wildman–Crippen LogP) is 5.31. The largest absolute Gasteiger partial charge is 0.497 e. The number of benzene rings is 1. The molecule has 3 aromatic heterocycles. The van der Waals surface area contributed by atoms with Gasteiger partial charge in [0.1, 0.15) is 28.7 Å². The number of nitrogens with zero attached hydrogens (tertiary/aromatic N) is 2. The number of hydrogen-bond donors (Lipinski definition) is 1. The average molecular weight is 354 g/mol. The van der Waals surface area contributed by atoms with Crippen molar-refractivity contribution in [3.05, 3.63) is 65.5 Å². The summed E-state index contributed by atoms with van der Waals surface area (Å²) in [5.41, 5.74) is 2.42. The Hall–Kier alpha value is -2.92. The first kappa shape index (κ1) is 15.6. The van der Waals surface area contributed by atoms with Crippen LogP contribution in [0.25, 0.3) is 17.1 Å². The number of furan rings is 1. The molecule has 0 saturated carbocycles. The van der Waals surface area contributed by atoms with Crippen LogP contribution >= 0.6 is 11.6 Å². The van der Waals surface area contributed by atoms with Gasteiger partial charge < -0.3 is 14.5 Å². The van der Waals surface area contributed by atoms with Crippen molar-refractivity contribution >= 4 is 28.8 Å². The molecular weight excluding hydrogens is 338 g/mol. The third kappa shape index (κ3) is 2.94. The van der Waals surface area contributed by atoms with Gasteiger partial charge in [0, 0.05) is 11.9 Å². The lowest BCUT2D eigenvalue weighted by Gasteiger charge is -2.09. The van der Waals surface area contributed by atoms with Crippen LogP contribution in [0.2, 0.25) is 5.02 Å². The number of aryl methyl sites for hydroxylation is 1. The van der Waals surface area contributed by atoms with E-state index in [1.807, 2.05) is 66.1 Å². The van der Waals surface area contributed by atoms with E-state index in [0.717, 1.165) is 34.4 Å². The first-order valence-electron chi connectivity index (χ1n) is 7.79. The first-order chi connectivity index (χ1) is 12.1. The van der Waals surface area contributed by atoms with Crippen LogP contribution in [0.5, 0.6) is 5.75 Å². The minimum Gasteiger partial charge on any atom is -0.497 e. The molecule has 3 heterocycles. The van der Waals surface area contributed by atoms with Crippen molar-refractivity contribution in [2.24, 2.45) is 0 Å². The fourth-order valence-corrected chi connectivity index (χ4v) is 2.84. The number of nitrogens with one attached hydrogen (secondary N) is 1. The molecule has 0 aliphatic heterocycles. The van der Waals surface area contributed by atoms with Crippen molar-refractivity contribution < 1.29 is 9.15 Å². The minimum atomic E-state index is 0.629. The van der Waals surface area contributed by atoms with Crippen molar-refractivity contribution in [3.8, 4) is 17.2 Å².